The first kappa shape index (κ1) is 17.4. The van der Waals surface area contributed by atoms with Crippen LogP contribution in [0.3, 0.4) is 0 Å². The van der Waals surface area contributed by atoms with Gasteiger partial charge < -0.3 is 14.8 Å². The summed E-state index contributed by atoms with van der Waals surface area (Å²) in [5.41, 5.74) is 1.07. The van der Waals surface area contributed by atoms with Crippen LogP contribution in [-0.2, 0) is 14.3 Å². The van der Waals surface area contributed by atoms with E-state index in [0.29, 0.717) is 6.42 Å². The summed E-state index contributed by atoms with van der Waals surface area (Å²) in [6.45, 7) is 2.74. The molecule has 0 aromatic carbocycles. The van der Waals surface area contributed by atoms with Gasteiger partial charge in [-0.15, -0.1) is 0 Å². The summed E-state index contributed by atoms with van der Waals surface area (Å²) in [5.74, 6) is -0.000967. The Hall–Kier alpha value is -1.46. The fraction of sp³-hybridized carbons (Fsp3) is 0.684. The van der Waals surface area contributed by atoms with Crippen LogP contribution in [0.4, 0.5) is 0 Å². The normalized spacial score (nSPS) is 26.2. The molecule has 3 rings (SSSR count). The third-order valence-electron chi connectivity index (χ3n) is 5.01. The van der Waals surface area contributed by atoms with Crippen molar-refractivity contribution < 1.29 is 14.3 Å². The van der Waals surface area contributed by atoms with Crippen LogP contribution in [0.25, 0.3) is 0 Å². The number of rotatable bonds is 6. The lowest BCUT2D eigenvalue weighted by Crippen LogP contribution is -2.47. The van der Waals surface area contributed by atoms with Gasteiger partial charge in [0.05, 0.1) is 12.1 Å². The highest BCUT2D eigenvalue weighted by Crippen LogP contribution is 2.28. The Kier molecular flexibility index (Phi) is 6.21. The fourth-order valence-electron chi connectivity index (χ4n) is 3.69. The van der Waals surface area contributed by atoms with Crippen LogP contribution >= 0.6 is 0 Å². The summed E-state index contributed by atoms with van der Waals surface area (Å²) in [6.07, 6.45) is 10.5. The number of hydrogen-bond acceptors (Lipinski definition) is 4. The highest BCUT2D eigenvalue weighted by Gasteiger charge is 2.31. The summed E-state index contributed by atoms with van der Waals surface area (Å²) in [4.78, 5) is 16.8. The summed E-state index contributed by atoms with van der Waals surface area (Å²) in [6, 6.07) is 3.91. The standard InChI is InChI=1S/C19H28N2O3/c1-2-17(24-15-6-3-4-7-15)19(22)21-16-8-5-13-23-18(16)14-9-11-20-12-10-14/h9-12,15-18H,2-8,13H2,1H3,(H,21,22)/t16-,17?,18+/m0/s1. The van der Waals surface area contributed by atoms with Gasteiger partial charge in [-0.1, -0.05) is 19.8 Å². The van der Waals surface area contributed by atoms with Gasteiger partial charge in [-0.25, -0.2) is 0 Å². The third kappa shape index (κ3) is 4.33. The SMILES string of the molecule is CCC(OC1CCCC1)C(=O)N[C@H]1CCCO[C@@H]1c1ccncc1. The first-order valence-electron chi connectivity index (χ1n) is 9.25. The molecule has 3 atom stereocenters. The zero-order valence-corrected chi connectivity index (χ0v) is 14.4. The van der Waals surface area contributed by atoms with Gasteiger partial charge in [0.25, 0.3) is 0 Å². The smallest absolute Gasteiger partial charge is 0.249 e. The minimum absolute atomic E-state index is 0.000967. The molecular formula is C19H28N2O3. The first-order chi connectivity index (χ1) is 11.8. The topological polar surface area (TPSA) is 60.5 Å². The van der Waals surface area contributed by atoms with Crippen molar-refractivity contribution in [1.82, 2.24) is 10.3 Å². The molecule has 1 N–H and O–H groups in total. The van der Waals surface area contributed by atoms with E-state index in [1.54, 1.807) is 12.4 Å². The van der Waals surface area contributed by atoms with Crippen molar-refractivity contribution in [2.75, 3.05) is 6.61 Å². The van der Waals surface area contributed by atoms with Crippen LogP contribution in [0.5, 0.6) is 0 Å². The number of carbonyl (C=O) groups excluding carboxylic acids is 1. The van der Waals surface area contributed by atoms with Crippen molar-refractivity contribution in [2.45, 2.75) is 76.2 Å². The van der Waals surface area contributed by atoms with Gasteiger partial charge >= 0.3 is 0 Å². The molecule has 2 fully saturated rings. The second-order valence-corrected chi connectivity index (χ2v) is 6.77. The van der Waals surface area contributed by atoms with E-state index in [1.165, 1.54) is 12.8 Å². The van der Waals surface area contributed by atoms with Crippen LogP contribution in [0.1, 0.15) is 63.5 Å². The molecule has 24 heavy (non-hydrogen) atoms. The summed E-state index contributed by atoms with van der Waals surface area (Å²) < 4.78 is 12.0. The number of ether oxygens (including phenoxy) is 2. The third-order valence-corrected chi connectivity index (χ3v) is 5.01. The van der Waals surface area contributed by atoms with Crippen LogP contribution in [-0.4, -0.2) is 35.7 Å². The maximum atomic E-state index is 12.7. The monoisotopic (exact) mass is 332 g/mol. The zero-order valence-electron chi connectivity index (χ0n) is 14.4. The van der Waals surface area contributed by atoms with E-state index in [-0.39, 0.29) is 30.3 Å². The highest BCUT2D eigenvalue weighted by atomic mass is 16.5. The van der Waals surface area contributed by atoms with Crippen LogP contribution in [0.2, 0.25) is 0 Å². The Morgan fingerprint density at radius 2 is 2.04 bits per heavy atom. The number of hydrogen-bond donors (Lipinski definition) is 1. The number of amides is 1. The molecule has 2 heterocycles. The largest absolute Gasteiger partial charge is 0.371 e. The summed E-state index contributed by atoms with van der Waals surface area (Å²) in [5, 5.41) is 3.18. The van der Waals surface area contributed by atoms with Crippen molar-refractivity contribution in [2.24, 2.45) is 0 Å². The second kappa shape index (κ2) is 8.58. The van der Waals surface area contributed by atoms with Gasteiger partial charge in [-0.05, 0) is 49.8 Å². The van der Waals surface area contributed by atoms with E-state index >= 15 is 0 Å². The minimum atomic E-state index is -0.354. The second-order valence-electron chi connectivity index (χ2n) is 6.77. The van der Waals surface area contributed by atoms with Crippen molar-refractivity contribution in [3.63, 3.8) is 0 Å². The first-order valence-corrected chi connectivity index (χ1v) is 9.25. The van der Waals surface area contributed by atoms with E-state index in [0.717, 1.165) is 37.9 Å². The molecule has 1 saturated heterocycles. The van der Waals surface area contributed by atoms with Gasteiger partial charge in [-0.3, -0.25) is 9.78 Å². The lowest BCUT2D eigenvalue weighted by Gasteiger charge is -2.33. The van der Waals surface area contributed by atoms with E-state index in [4.69, 9.17) is 9.47 Å². The van der Waals surface area contributed by atoms with Crippen molar-refractivity contribution >= 4 is 5.91 Å². The van der Waals surface area contributed by atoms with Crippen molar-refractivity contribution in [3.8, 4) is 0 Å². The molecule has 1 unspecified atom stereocenters. The summed E-state index contributed by atoms with van der Waals surface area (Å²) >= 11 is 0. The van der Waals surface area contributed by atoms with Gasteiger partial charge in [0.15, 0.2) is 0 Å². The maximum Gasteiger partial charge on any atom is 0.249 e. The van der Waals surface area contributed by atoms with E-state index in [1.807, 2.05) is 19.1 Å². The van der Waals surface area contributed by atoms with E-state index < -0.39 is 0 Å². The summed E-state index contributed by atoms with van der Waals surface area (Å²) in [7, 11) is 0. The molecular weight excluding hydrogens is 304 g/mol. The van der Waals surface area contributed by atoms with E-state index in [2.05, 4.69) is 10.3 Å². The predicted molar refractivity (Wildman–Crippen MR) is 91.5 cm³/mol. The molecule has 5 nitrogen and oxygen atoms in total. The molecule has 0 radical (unpaired) electrons. The van der Waals surface area contributed by atoms with Crippen LogP contribution in [0.15, 0.2) is 24.5 Å². The number of pyridine rings is 1. The molecule has 0 bridgehead atoms. The predicted octanol–water partition coefficient (Wildman–Crippen LogP) is 3.16. The molecule has 1 aliphatic carbocycles. The lowest BCUT2D eigenvalue weighted by molar-refractivity contribution is -0.139. The minimum Gasteiger partial charge on any atom is -0.371 e. The number of nitrogens with one attached hydrogen (secondary N) is 1. The molecule has 2 aliphatic rings. The highest BCUT2D eigenvalue weighted by molar-refractivity contribution is 5.81. The maximum absolute atomic E-state index is 12.7. The van der Waals surface area contributed by atoms with Gasteiger partial charge in [0.1, 0.15) is 12.2 Å². The average molecular weight is 332 g/mol. The van der Waals surface area contributed by atoms with E-state index in [9.17, 15) is 4.79 Å². The molecule has 1 saturated carbocycles. The van der Waals surface area contributed by atoms with Crippen LogP contribution in [0, 0.1) is 0 Å². The Morgan fingerprint density at radius 1 is 1.29 bits per heavy atom. The Morgan fingerprint density at radius 3 is 2.75 bits per heavy atom. The molecule has 5 heteroatoms. The van der Waals surface area contributed by atoms with Gasteiger partial charge in [-0.2, -0.15) is 0 Å². The molecule has 1 aliphatic heterocycles. The average Bonchev–Trinajstić information content (AvgIpc) is 3.14. The van der Waals surface area contributed by atoms with Gasteiger partial charge in [0.2, 0.25) is 5.91 Å². The molecule has 132 valence electrons. The number of carbonyl (C=O) groups is 1. The zero-order chi connectivity index (χ0) is 16.8. The van der Waals surface area contributed by atoms with Crippen molar-refractivity contribution in [3.05, 3.63) is 30.1 Å². The van der Waals surface area contributed by atoms with Gasteiger partial charge in [0, 0.05) is 19.0 Å². The lowest BCUT2D eigenvalue weighted by atomic mass is 9.96. The molecule has 1 aromatic rings. The quantitative estimate of drug-likeness (QED) is 0.869. The Bertz CT molecular complexity index is 517. The molecule has 1 aromatic heterocycles. The van der Waals surface area contributed by atoms with Crippen molar-refractivity contribution in [1.29, 1.82) is 0 Å². The Balaban J connectivity index is 1.62. The number of nitrogens with zero attached hydrogens (tertiary/aromatic N) is 1. The molecule has 1 amide bonds. The number of aromatic nitrogens is 1. The Labute approximate surface area is 144 Å². The molecule has 0 spiro atoms. The fourth-order valence-corrected chi connectivity index (χ4v) is 3.69. The van der Waals surface area contributed by atoms with Crippen LogP contribution < -0.4 is 5.32 Å².